The van der Waals surface area contributed by atoms with Gasteiger partial charge < -0.3 is 9.47 Å². The Kier molecular flexibility index (Phi) is 4.86. The summed E-state index contributed by atoms with van der Waals surface area (Å²) in [6.07, 6.45) is 5.08. The number of nitrogens with zero attached hydrogens (tertiary/aromatic N) is 2. The summed E-state index contributed by atoms with van der Waals surface area (Å²) in [5.74, 6) is 0.245. The zero-order chi connectivity index (χ0) is 28.8. The Morgan fingerprint density at radius 3 is 1.77 bits per heavy atom. The maximum atomic E-state index is 2.55. The molecule has 1 aliphatic heterocycles. The van der Waals surface area contributed by atoms with Crippen molar-refractivity contribution in [3.05, 3.63) is 162 Å². The van der Waals surface area contributed by atoms with Crippen LogP contribution in [0.4, 0.5) is 11.4 Å². The molecule has 0 N–H and O–H groups in total. The summed E-state index contributed by atoms with van der Waals surface area (Å²) in [6, 6.07) is 53.5. The van der Waals surface area contributed by atoms with Crippen molar-refractivity contribution < 1.29 is 0 Å². The lowest BCUT2D eigenvalue weighted by Gasteiger charge is -2.28. The van der Waals surface area contributed by atoms with Crippen molar-refractivity contribution in [3.63, 3.8) is 0 Å². The third-order valence-corrected chi connectivity index (χ3v) is 9.87. The van der Waals surface area contributed by atoms with Gasteiger partial charge in [-0.25, -0.2) is 0 Å². The summed E-state index contributed by atoms with van der Waals surface area (Å²) >= 11 is 0. The standard InChI is InChI=1S/C42H28N2/c1-2-13-27(14-3-1)43-37-22-10-8-18-31(37)35-26-41-36(25-40(35)43)32-19-9-11-23-38(32)44(41)39-24-12-21-34-30-16-5-4-15-28(30)29-17-6-7-20-33(29)42(34)39/h1-26,35,40H. The lowest BCUT2D eigenvalue weighted by molar-refractivity contribution is 0.797. The molecule has 8 aromatic rings. The van der Waals surface area contributed by atoms with Crippen LogP contribution in [0.3, 0.4) is 0 Å². The highest BCUT2D eigenvalue weighted by atomic mass is 15.2. The summed E-state index contributed by atoms with van der Waals surface area (Å²) in [7, 11) is 0. The summed E-state index contributed by atoms with van der Waals surface area (Å²) < 4.78 is 2.54. The molecule has 2 unspecified atom stereocenters. The van der Waals surface area contributed by atoms with Crippen molar-refractivity contribution >= 4 is 66.7 Å². The molecule has 0 fully saturated rings. The molecule has 0 saturated heterocycles. The van der Waals surface area contributed by atoms with E-state index in [9.17, 15) is 0 Å². The monoisotopic (exact) mass is 560 g/mol. The number of rotatable bonds is 2. The SMILES string of the molecule is C1=c2c(n(-c3cccc4c5ccccc5c5ccccc5c34)c3ccccc23)=CC2c3ccccc3N(c3ccccc3)C12. The van der Waals surface area contributed by atoms with Crippen LogP contribution in [0.1, 0.15) is 11.5 Å². The number of aromatic nitrogens is 1. The van der Waals surface area contributed by atoms with Crippen LogP contribution in [0.15, 0.2) is 146 Å². The third kappa shape index (κ3) is 3.15. The molecule has 1 aromatic heterocycles. The van der Waals surface area contributed by atoms with Crippen molar-refractivity contribution in [1.29, 1.82) is 0 Å². The van der Waals surface area contributed by atoms with Gasteiger partial charge in [0.1, 0.15) is 0 Å². The normalized spacial score (nSPS) is 17.0. The number of fused-ring (bicyclic) bond motifs is 12. The van der Waals surface area contributed by atoms with E-state index in [-0.39, 0.29) is 12.0 Å². The molecule has 2 atom stereocenters. The van der Waals surface area contributed by atoms with Crippen LogP contribution in [0, 0.1) is 0 Å². The van der Waals surface area contributed by atoms with E-state index in [0.717, 1.165) is 0 Å². The number of anilines is 2. The van der Waals surface area contributed by atoms with Crippen LogP contribution in [0.2, 0.25) is 0 Å². The molecule has 2 heteroatoms. The number of hydrogen-bond acceptors (Lipinski definition) is 1. The fourth-order valence-electron chi connectivity index (χ4n) is 8.11. The molecule has 0 bridgehead atoms. The van der Waals surface area contributed by atoms with Gasteiger partial charge >= 0.3 is 0 Å². The number of benzene rings is 7. The molecule has 0 radical (unpaired) electrons. The van der Waals surface area contributed by atoms with Crippen LogP contribution in [0.5, 0.6) is 0 Å². The average molecular weight is 561 g/mol. The molecule has 2 heterocycles. The first-order valence-corrected chi connectivity index (χ1v) is 15.5. The Morgan fingerprint density at radius 2 is 1.00 bits per heavy atom. The molecule has 2 nitrogen and oxygen atoms in total. The fraction of sp³-hybridized carbons (Fsp3) is 0.0476. The highest BCUT2D eigenvalue weighted by Crippen LogP contribution is 2.47. The van der Waals surface area contributed by atoms with Crippen molar-refractivity contribution in [2.75, 3.05) is 4.90 Å². The summed E-state index contributed by atoms with van der Waals surface area (Å²) in [5, 5.41) is 11.7. The maximum Gasteiger partial charge on any atom is 0.0637 e. The molecular weight excluding hydrogens is 532 g/mol. The Labute approximate surface area is 255 Å². The fourth-order valence-corrected chi connectivity index (χ4v) is 8.11. The van der Waals surface area contributed by atoms with Crippen molar-refractivity contribution in [2.45, 2.75) is 12.0 Å². The highest BCUT2D eigenvalue weighted by molar-refractivity contribution is 6.27. The van der Waals surface area contributed by atoms with Crippen molar-refractivity contribution in [2.24, 2.45) is 0 Å². The largest absolute Gasteiger partial charge is 0.333 e. The molecular formula is C42H28N2. The van der Waals surface area contributed by atoms with Gasteiger partial charge in [-0.05, 0) is 68.9 Å². The Balaban J connectivity index is 1.34. The minimum Gasteiger partial charge on any atom is -0.333 e. The van der Waals surface area contributed by atoms with E-state index >= 15 is 0 Å². The van der Waals surface area contributed by atoms with Gasteiger partial charge in [0, 0.05) is 33.3 Å². The predicted molar refractivity (Wildman–Crippen MR) is 186 cm³/mol. The van der Waals surface area contributed by atoms with Crippen LogP contribution in [-0.2, 0) is 0 Å². The van der Waals surface area contributed by atoms with E-state index < -0.39 is 0 Å². The average Bonchev–Trinajstić information content (AvgIpc) is 3.59. The lowest BCUT2D eigenvalue weighted by Crippen LogP contribution is -2.39. The van der Waals surface area contributed by atoms with Gasteiger partial charge in [-0.3, -0.25) is 0 Å². The molecule has 0 spiro atoms. The zero-order valence-corrected chi connectivity index (χ0v) is 24.1. The number of hydrogen-bond donors (Lipinski definition) is 0. The minimum atomic E-state index is 0.207. The Bertz CT molecular complexity index is 2530. The van der Waals surface area contributed by atoms with E-state index in [1.54, 1.807) is 0 Å². The van der Waals surface area contributed by atoms with E-state index in [2.05, 4.69) is 167 Å². The van der Waals surface area contributed by atoms with E-state index in [1.807, 2.05) is 0 Å². The second-order valence-electron chi connectivity index (χ2n) is 12.1. The first kappa shape index (κ1) is 23.9. The topological polar surface area (TPSA) is 8.17 Å². The predicted octanol–water partition coefficient (Wildman–Crippen LogP) is 8.97. The summed E-state index contributed by atoms with van der Waals surface area (Å²) in [5.41, 5.74) is 6.39. The first-order chi connectivity index (χ1) is 21.9. The van der Waals surface area contributed by atoms with Gasteiger partial charge in [0.05, 0.1) is 22.6 Å². The van der Waals surface area contributed by atoms with Gasteiger partial charge in [0.15, 0.2) is 0 Å². The van der Waals surface area contributed by atoms with E-state index in [4.69, 9.17) is 0 Å². The molecule has 2 aliphatic rings. The third-order valence-electron chi connectivity index (χ3n) is 9.87. The molecule has 7 aromatic carbocycles. The zero-order valence-electron chi connectivity index (χ0n) is 24.1. The van der Waals surface area contributed by atoms with E-state index in [1.165, 1.54) is 76.4 Å². The second-order valence-corrected chi connectivity index (χ2v) is 12.1. The van der Waals surface area contributed by atoms with Crippen molar-refractivity contribution in [1.82, 2.24) is 4.57 Å². The molecule has 0 amide bonds. The minimum absolute atomic E-state index is 0.207. The molecule has 10 rings (SSSR count). The highest BCUT2D eigenvalue weighted by Gasteiger charge is 2.38. The number of para-hydroxylation sites is 3. The van der Waals surface area contributed by atoms with E-state index in [0.29, 0.717) is 0 Å². The Hall–Kier alpha value is -5.60. The van der Waals surface area contributed by atoms with Gasteiger partial charge in [0.25, 0.3) is 0 Å². The van der Waals surface area contributed by atoms with Crippen LogP contribution < -0.4 is 15.5 Å². The molecule has 1 aliphatic carbocycles. The Morgan fingerprint density at radius 1 is 0.432 bits per heavy atom. The van der Waals surface area contributed by atoms with Crippen LogP contribution >= 0.6 is 0 Å². The smallest absolute Gasteiger partial charge is 0.0637 e. The van der Waals surface area contributed by atoms with Crippen LogP contribution in [0.25, 0.3) is 61.1 Å². The second kappa shape index (κ2) is 8.95. The van der Waals surface area contributed by atoms with Crippen molar-refractivity contribution in [3.8, 4) is 5.69 Å². The molecule has 0 saturated carbocycles. The summed E-state index contributed by atoms with van der Waals surface area (Å²) in [6.45, 7) is 0. The maximum absolute atomic E-state index is 2.55. The molecule has 206 valence electrons. The quantitative estimate of drug-likeness (QED) is 0.192. The van der Waals surface area contributed by atoms with Gasteiger partial charge in [-0.15, -0.1) is 0 Å². The lowest BCUT2D eigenvalue weighted by atomic mass is 9.90. The first-order valence-electron chi connectivity index (χ1n) is 15.5. The summed E-state index contributed by atoms with van der Waals surface area (Å²) in [4.78, 5) is 2.53. The van der Waals surface area contributed by atoms with Gasteiger partial charge in [-0.2, -0.15) is 0 Å². The molecule has 44 heavy (non-hydrogen) atoms. The van der Waals surface area contributed by atoms with Crippen LogP contribution in [-0.4, -0.2) is 10.6 Å². The van der Waals surface area contributed by atoms with Gasteiger partial charge in [-0.1, -0.05) is 121 Å². The van der Waals surface area contributed by atoms with Gasteiger partial charge in [0.2, 0.25) is 0 Å².